The van der Waals surface area contributed by atoms with E-state index in [1.165, 1.54) is 18.9 Å². The minimum Gasteiger partial charge on any atom is -0.459 e. The van der Waals surface area contributed by atoms with E-state index in [2.05, 4.69) is 6.58 Å². The second kappa shape index (κ2) is 4.69. The lowest BCUT2D eigenvalue weighted by molar-refractivity contribution is -0.142. The number of rotatable bonds is 3. The SMILES string of the molecule is C=CC(=O)OC1CCC(C2CC3CC(O)C2C3)C1. The molecular weight excluding hydrogens is 228 g/mol. The van der Waals surface area contributed by atoms with E-state index in [0.717, 1.165) is 31.6 Å². The Balaban J connectivity index is 1.56. The summed E-state index contributed by atoms with van der Waals surface area (Å²) in [7, 11) is 0. The van der Waals surface area contributed by atoms with E-state index in [9.17, 15) is 9.90 Å². The summed E-state index contributed by atoms with van der Waals surface area (Å²) >= 11 is 0. The van der Waals surface area contributed by atoms with Gasteiger partial charge in [-0.3, -0.25) is 0 Å². The normalized spacial score (nSPS) is 46.3. The molecule has 100 valence electrons. The third-order valence-corrected chi connectivity index (χ3v) is 5.31. The monoisotopic (exact) mass is 250 g/mol. The molecule has 3 aliphatic carbocycles. The van der Waals surface area contributed by atoms with Gasteiger partial charge in [0.2, 0.25) is 0 Å². The Morgan fingerprint density at radius 1 is 1.17 bits per heavy atom. The van der Waals surface area contributed by atoms with Crippen molar-refractivity contribution in [1.82, 2.24) is 0 Å². The van der Waals surface area contributed by atoms with Gasteiger partial charge in [-0.15, -0.1) is 0 Å². The van der Waals surface area contributed by atoms with Crippen LogP contribution >= 0.6 is 0 Å². The van der Waals surface area contributed by atoms with Crippen molar-refractivity contribution in [3.05, 3.63) is 12.7 Å². The van der Waals surface area contributed by atoms with E-state index in [1.807, 2.05) is 0 Å². The van der Waals surface area contributed by atoms with Gasteiger partial charge in [0.15, 0.2) is 0 Å². The average Bonchev–Trinajstić information content (AvgIpc) is 3.02. The van der Waals surface area contributed by atoms with Crippen LogP contribution < -0.4 is 0 Å². The van der Waals surface area contributed by atoms with Crippen LogP contribution in [0.25, 0.3) is 0 Å². The number of ether oxygens (including phenoxy) is 1. The topological polar surface area (TPSA) is 46.5 Å². The molecular formula is C15H22O3. The van der Waals surface area contributed by atoms with E-state index in [1.54, 1.807) is 0 Å². The highest BCUT2D eigenvalue weighted by Gasteiger charge is 2.49. The Morgan fingerprint density at radius 3 is 2.61 bits per heavy atom. The van der Waals surface area contributed by atoms with Gasteiger partial charge in [0, 0.05) is 6.08 Å². The number of carbonyl (C=O) groups is 1. The smallest absolute Gasteiger partial charge is 0.330 e. The highest BCUT2D eigenvalue weighted by molar-refractivity contribution is 5.81. The molecule has 0 saturated heterocycles. The maximum Gasteiger partial charge on any atom is 0.330 e. The summed E-state index contributed by atoms with van der Waals surface area (Å²) in [6, 6.07) is 0. The third-order valence-electron chi connectivity index (χ3n) is 5.31. The van der Waals surface area contributed by atoms with Crippen molar-refractivity contribution in [2.75, 3.05) is 0 Å². The van der Waals surface area contributed by atoms with E-state index in [4.69, 9.17) is 4.74 Å². The van der Waals surface area contributed by atoms with Crippen molar-refractivity contribution in [1.29, 1.82) is 0 Å². The van der Waals surface area contributed by atoms with Crippen molar-refractivity contribution >= 4 is 5.97 Å². The van der Waals surface area contributed by atoms with E-state index >= 15 is 0 Å². The summed E-state index contributed by atoms with van der Waals surface area (Å²) in [6.07, 6.45) is 7.90. The summed E-state index contributed by atoms with van der Waals surface area (Å²) in [4.78, 5) is 11.2. The number of esters is 1. The maximum absolute atomic E-state index is 11.2. The standard InChI is InChI=1S/C15H22O3/c1-2-15(17)18-11-4-3-10(8-11)12-5-9-6-13(12)14(16)7-9/h2,9-14,16H,1,3-8H2. The minimum absolute atomic E-state index is 0.0662. The molecule has 3 aliphatic rings. The Hall–Kier alpha value is -0.830. The number of fused-ring (bicyclic) bond motifs is 2. The second-order valence-corrected chi connectivity index (χ2v) is 6.30. The van der Waals surface area contributed by atoms with E-state index < -0.39 is 0 Å². The van der Waals surface area contributed by atoms with Crippen molar-refractivity contribution in [2.45, 2.75) is 50.7 Å². The van der Waals surface area contributed by atoms with Crippen LogP contribution in [0.5, 0.6) is 0 Å². The number of hydrogen-bond donors (Lipinski definition) is 1. The number of aliphatic hydroxyl groups is 1. The molecule has 1 N–H and O–H groups in total. The summed E-state index contributed by atoms with van der Waals surface area (Å²) in [5.74, 6) is 2.30. The molecule has 0 aromatic carbocycles. The van der Waals surface area contributed by atoms with Crippen LogP contribution in [-0.2, 0) is 9.53 Å². The largest absolute Gasteiger partial charge is 0.459 e. The van der Waals surface area contributed by atoms with Crippen molar-refractivity contribution in [2.24, 2.45) is 23.7 Å². The van der Waals surface area contributed by atoms with Crippen LogP contribution in [0.3, 0.4) is 0 Å². The van der Waals surface area contributed by atoms with Crippen LogP contribution in [0.4, 0.5) is 0 Å². The summed E-state index contributed by atoms with van der Waals surface area (Å²) in [5, 5.41) is 10.0. The van der Waals surface area contributed by atoms with Gasteiger partial charge in [0.05, 0.1) is 6.10 Å². The van der Waals surface area contributed by atoms with Gasteiger partial charge in [-0.1, -0.05) is 6.58 Å². The molecule has 18 heavy (non-hydrogen) atoms. The molecule has 0 amide bonds. The second-order valence-electron chi connectivity index (χ2n) is 6.30. The minimum atomic E-state index is -0.298. The molecule has 3 saturated carbocycles. The van der Waals surface area contributed by atoms with Crippen molar-refractivity contribution in [3.8, 4) is 0 Å². The molecule has 0 radical (unpaired) electrons. The zero-order valence-electron chi connectivity index (χ0n) is 10.8. The Morgan fingerprint density at radius 2 is 1.94 bits per heavy atom. The van der Waals surface area contributed by atoms with E-state index in [0.29, 0.717) is 17.8 Å². The van der Waals surface area contributed by atoms with Gasteiger partial charge in [-0.25, -0.2) is 4.79 Å². The van der Waals surface area contributed by atoms with Gasteiger partial charge in [-0.2, -0.15) is 0 Å². The van der Waals surface area contributed by atoms with E-state index in [-0.39, 0.29) is 18.2 Å². The van der Waals surface area contributed by atoms with Gasteiger partial charge in [-0.05, 0) is 62.2 Å². The highest BCUT2D eigenvalue weighted by Crippen LogP contribution is 2.54. The Bertz CT molecular complexity index is 352. The molecule has 0 spiro atoms. The van der Waals surface area contributed by atoms with Gasteiger partial charge in [0.1, 0.15) is 6.10 Å². The average molecular weight is 250 g/mol. The predicted octanol–water partition coefficient (Wildman–Crippen LogP) is 2.29. The first-order chi connectivity index (χ1) is 8.67. The molecule has 0 heterocycles. The van der Waals surface area contributed by atoms with Crippen molar-refractivity contribution in [3.63, 3.8) is 0 Å². The maximum atomic E-state index is 11.2. The lowest BCUT2D eigenvalue weighted by atomic mass is 9.77. The lowest BCUT2D eigenvalue weighted by Gasteiger charge is -2.30. The Labute approximate surface area is 108 Å². The summed E-state index contributed by atoms with van der Waals surface area (Å²) < 4.78 is 5.34. The van der Waals surface area contributed by atoms with Crippen LogP contribution in [0.1, 0.15) is 38.5 Å². The van der Waals surface area contributed by atoms with Crippen LogP contribution in [0.15, 0.2) is 12.7 Å². The zero-order valence-corrected chi connectivity index (χ0v) is 10.8. The van der Waals surface area contributed by atoms with Gasteiger partial charge in [0.25, 0.3) is 0 Å². The quantitative estimate of drug-likeness (QED) is 0.617. The van der Waals surface area contributed by atoms with Crippen LogP contribution in [-0.4, -0.2) is 23.3 Å². The number of carbonyl (C=O) groups excluding carboxylic acids is 1. The molecule has 0 aromatic heterocycles. The first-order valence-electron chi connectivity index (χ1n) is 7.18. The molecule has 6 atom stereocenters. The molecule has 3 fully saturated rings. The fourth-order valence-corrected chi connectivity index (χ4v) is 4.59. The molecule has 3 rings (SSSR count). The van der Waals surface area contributed by atoms with Crippen LogP contribution in [0.2, 0.25) is 0 Å². The fourth-order valence-electron chi connectivity index (χ4n) is 4.59. The predicted molar refractivity (Wildman–Crippen MR) is 67.7 cm³/mol. The molecule has 2 bridgehead atoms. The zero-order chi connectivity index (χ0) is 12.7. The Kier molecular flexibility index (Phi) is 3.18. The first kappa shape index (κ1) is 12.2. The molecule has 0 aromatic rings. The van der Waals surface area contributed by atoms with Gasteiger partial charge >= 0.3 is 5.97 Å². The highest BCUT2D eigenvalue weighted by atomic mass is 16.5. The molecule has 3 heteroatoms. The third kappa shape index (κ3) is 2.09. The summed E-state index contributed by atoms with van der Waals surface area (Å²) in [6.45, 7) is 3.43. The van der Waals surface area contributed by atoms with Gasteiger partial charge < -0.3 is 9.84 Å². The molecule has 3 nitrogen and oxygen atoms in total. The van der Waals surface area contributed by atoms with Crippen LogP contribution in [0, 0.1) is 23.7 Å². The van der Waals surface area contributed by atoms with Crippen molar-refractivity contribution < 1.29 is 14.6 Å². The number of hydrogen-bond acceptors (Lipinski definition) is 3. The molecule has 0 aliphatic heterocycles. The fraction of sp³-hybridized carbons (Fsp3) is 0.800. The summed E-state index contributed by atoms with van der Waals surface area (Å²) in [5.41, 5.74) is 0. The number of aliphatic hydroxyl groups excluding tert-OH is 1. The molecule has 6 unspecified atom stereocenters. The first-order valence-corrected chi connectivity index (χ1v) is 7.18. The lowest BCUT2D eigenvalue weighted by Crippen LogP contribution is -2.29.